The summed E-state index contributed by atoms with van der Waals surface area (Å²) in [5.41, 5.74) is 2.34. The van der Waals surface area contributed by atoms with Crippen LogP contribution in [0.15, 0.2) is 24.3 Å². The van der Waals surface area contributed by atoms with Crippen LogP contribution in [0.1, 0.15) is 36.6 Å². The third kappa shape index (κ3) is 4.94. The maximum Gasteiger partial charge on any atom is 0.310 e. The maximum absolute atomic E-state index is 13.8. The third-order valence-electron chi connectivity index (χ3n) is 5.64. The molecule has 0 radical (unpaired) electrons. The number of aromatic nitrogens is 1. The first-order valence-corrected chi connectivity index (χ1v) is 10.4. The van der Waals surface area contributed by atoms with Crippen molar-refractivity contribution in [2.75, 3.05) is 31.6 Å². The zero-order chi connectivity index (χ0) is 22.5. The molecule has 164 valence electrons. The van der Waals surface area contributed by atoms with E-state index in [1.54, 1.807) is 30.5 Å². The average molecular weight is 426 g/mol. The standard InChI is InChI=1S/C23H27FN4O3/c1-4-31-23(30)17-7-6-10-27(13-17)14-21(29)26-22-20(12-25)15(2)16(3)28(22)19-9-5-8-18(24)11-19/h5,8-9,11,17H,4,6-7,10,13-14H2,1-3H3,(H,26,29)/t17-/m0/s1. The fourth-order valence-corrected chi connectivity index (χ4v) is 4.03. The van der Waals surface area contributed by atoms with E-state index in [1.807, 2.05) is 11.8 Å². The number of likely N-dealkylation sites (tertiary alicyclic amines) is 1. The monoisotopic (exact) mass is 426 g/mol. The normalized spacial score (nSPS) is 16.5. The van der Waals surface area contributed by atoms with Crippen LogP contribution in [0, 0.1) is 36.9 Å². The Labute approximate surface area is 181 Å². The largest absolute Gasteiger partial charge is 0.466 e. The van der Waals surface area contributed by atoms with Crippen molar-refractivity contribution < 1.29 is 18.7 Å². The molecule has 3 rings (SSSR count). The van der Waals surface area contributed by atoms with E-state index in [4.69, 9.17) is 4.74 Å². The number of benzene rings is 1. The van der Waals surface area contributed by atoms with Gasteiger partial charge in [0.15, 0.2) is 0 Å². The molecule has 1 amide bonds. The Morgan fingerprint density at radius 1 is 1.35 bits per heavy atom. The van der Waals surface area contributed by atoms with Crippen LogP contribution in [0.3, 0.4) is 0 Å². The summed E-state index contributed by atoms with van der Waals surface area (Å²) in [4.78, 5) is 26.8. The number of ether oxygens (including phenoxy) is 1. The molecule has 2 aromatic rings. The van der Waals surface area contributed by atoms with Crippen molar-refractivity contribution in [1.82, 2.24) is 9.47 Å². The van der Waals surface area contributed by atoms with E-state index in [2.05, 4.69) is 11.4 Å². The molecule has 1 aliphatic rings. The van der Waals surface area contributed by atoms with Crippen LogP contribution in [-0.4, -0.2) is 47.6 Å². The Bertz CT molecular complexity index is 1020. The molecule has 7 nitrogen and oxygen atoms in total. The van der Waals surface area contributed by atoms with Gasteiger partial charge in [-0.1, -0.05) is 6.07 Å². The minimum Gasteiger partial charge on any atom is -0.466 e. The highest BCUT2D eigenvalue weighted by molar-refractivity contribution is 5.93. The topological polar surface area (TPSA) is 87.4 Å². The van der Waals surface area contributed by atoms with Crippen molar-refractivity contribution in [2.45, 2.75) is 33.6 Å². The van der Waals surface area contributed by atoms with Crippen molar-refractivity contribution in [3.05, 3.63) is 46.9 Å². The van der Waals surface area contributed by atoms with Crippen LogP contribution in [0.25, 0.3) is 5.69 Å². The van der Waals surface area contributed by atoms with E-state index >= 15 is 0 Å². The molecule has 0 aliphatic carbocycles. The van der Waals surface area contributed by atoms with Crippen LogP contribution < -0.4 is 5.32 Å². The van der Waals surface area contributed by atoms with Gasteiger partial charge in [0.05, 0.1) is 30.3 Å². The molecule has 1 fully saturated rings. The lowest BCUT2D eigenvalue weighted by molar-refractivity contribution is -0.150. The van der Waals surface area contributed by atoms with Gasteiger partial charge in [-0.15, -0.1) is 0 Å². The van der Waals surface area contributed by atoms with E-state index in [9.17, 15) is 19.2 Å². The maximum atomic E-state index is 13.8. The molecule has 1 saturated heterocycles. The third-order valence-corrected chi connectivity index (χ3v) is 5.64. The molecule has 0 spiro atoms. The summed E-state index contributed by atoms with van der Waals surface area (Å²) in [5.74, 6) is -0.844. The van der Waals surface area contributed by atoms with Crippen LogP contribution >= 0.6 is 0 Å². The second-order valence-corrected chi connectivity index (χ2v) is 7.74. The van der Waals surface area contributed by atoms with Crippen molar-refractivity contribution in [2.24, 2.45) is 5.92 Å². The molecule has 1 N–H and O–H groups in total. The number of piperidine rings is 1. The summed E-state index contributed by atoms with van der Waals surface area (Å²) < 4.78 is 20.6. The fraction of sp³-hybridized carbons (Fsp3) is 0.435. The van der Waals surface area contributed by atoms with Crippen LogP contribution in [0.2, 0.25) is 0 Å². The first-order chi connectivity index (χ1) is 14.8. The van der Waals surface area contributed by atoms with E-state index in [-0.39, 0.29) is 24.3 Å². The SMILES string of the molecule is CCOC(=O)[C@H]1CCCN(CC(=O)Nc2c(C#N)c(C)c(C)n2-c2cccc(F)c2)C1. The first-order valence-electron chi connectivity index (χ1n) is 10.4. The number of halogens is 1. The molecule has 1 aliphatic heterocycles. The smallest absolute Gasteiger partial charge is 0.310 e. The summed E-state index contributed by atoms with van der Waals surface area (Å²) in [6.07, 6.45) is 1.55. The number of carbonyl (C=O) groups excluding carboxylic acids is 2. The Morgan fingerprint density at radius 3 is 2.81 bits per heavy atom. The van der Waals surface area contributed by atoms with Crippen molar-refractivity contribution in [1.29, 1.82) is 5.26 Å². The molecular weight excluding hydrogens is 399 g/mol. The minimum atomic E-state index is -0.405. The lowest BCUT2D eigenvalue weighted by atomic mass is 9.98. The number of rotatable bonds is 6. The number of anilines is 1. The van der Waals surface area contributed by atoms with Gasteiger partial charge in [-0.3, -0.25) is 19.1 Å². The predicted octanol–water partition coefficient (Wildman–Crippen LogP) is 3.32. The highest BCUT2D eigenvalue weighted by atomic mass is 19.1. The van der Waals surface area contributed by atoms with Crippen molar-refractivity contribution in [3.8, 4) is 11.8 Å². The number of nitrogens with zero attached hydrogens (tertiary/aromatic N) is 3. The van der Waals surface area contributed by atoms with E-state index in [1.165, 1.54) is 12.1 Å². The van der Waals surface area contributed by atoms with Crippen LogP contribution in [0.5, 0.6) is 0 Å². The number of hydrogen-bond acceptors (Lipinski definition) is 5. The van der Waals surface area contributed by atoms with Gasteiger partial charge < -0.3 is 10.1 Å². The molecule has 1 aromatic carbocycles. The number of esters is 1. The summed E-state index contributed by atoms with van der Waals surface area (Å²) in [7, 11) is 0. The average Bonchev–Trinajstić information content (AvgIpc) is 2.97. The molecule has 1 atom stereocenters. The molecular formula is C23H27FN4O3. The van der Waals surface area contributed by atoms with Gasteiger partial charge >= 0.3 is 5.97 Å². The second-order valence-electron chi connectivity index (χ2n) is 7.74. The number of carbonyl (C=O) groups is 2. The van der Waals surface area contributed by atoms with E-state index < -0.39 is 5.82 Å². The van der Waals surface area contributed by atoms with Crippen molar-refractivity contribution in [3.63, 3.8) is 0 Å². The van der Waals surface area contributed by atoms with Crippen molar-refractivity contribution >= 4 is 17.7 Å². The molecule has 31 heavy (non-hydrogen) atoms. The molecule has 8 heteroatoms. The number of nitrogens with one attached hydrogen (secondary N) is 1. The highest BCUT2D eigenvalue weighted by Crippen LogP contribution is 2.30. The predicted molar refractivity (Wildman–Crippen MR) is 114 cm³/mol. The summed E-state index contributed by atoms with van der Waals surface area (Å²) in [6, 6.07) is 8.16. The highest BCUT2D eigenvalue weighted by Gasteiger charge is 2.28. The number of amides is 1. The molecule has 0 unspecified atom stereocenters. The van der Waals surface area contributed by atoms with Crippen LogP contribution in [-0.2, 0) is 14.3 Å². The van der Waals surface area contributed by atoms with Gasteiger partial charge in [-0.05, 0) is 63.9 Å². The Hall–Kier alpha value is -3.18. The zero-order valence-electron chi connectivity index (χ0n) is 18.1. The Kier molecular flexibility index (Phi) is 7.08. The lowest BCUT2D eigenvalue weighted by Gasteiger charge is -2.30. The zero-order valence-corrected chi connectivity index (χ0v) is 18.1. The lowest BCUT2D eigenvalue weighted by Crippen LogP contribution is -2.43. The van der Waals surface area contributed by atoms with Gasteiger partial charge in [-0.25, -0.2) is 4.39 Å². The number of nitriles is 1. The van der Waals surface area contributed by atoms with Gasteiger partial charge in [0.1, 0.15) is 17.7 Å². The second kappa shape index (κ2) is 9.75. The quantitative estimate of drug-likeness (QED) is 0.716. The molecule has 1 aromatic heterocycles. The molecule has 0 bridgehead atoms. The summed E-state index contributed by atoms with van der Waals surface area (Å²) in [6.45, 7) is 6.99. The Morgan fingerprint density at radius 2 is 2.13 bits per heavy atom. The van der Waals surface area contributed by atoms with Gasteiger partial charge in [0.2, 0.25) is 5.91 Å². The Balaban J connectivity index is 1.81. The number of hydrogen-bond donors (Lipinski definition) is 1. The van der Waals surface area contributed by atoms with Gasteiger partial charge in [0, 0.05) is 12.2 Å². The first kappa shape index (κ1) is 22.5. The fourth-order valence-electron chi connectivity index (χ4n) is 4.03. The summed E-state index contributed by atoms with van der Waals surface area (Å²) in [5, 5.41) is 12.5. The van der Waals surface area contributed by atoms with E-state index in [0.717, 1.165) is 24.1 Å². The minimum absolute atomic E-state index is 0.0905. The van der Waals surface area contributed by atoms with Gasteiger partial charge in [0.25, 0.3) is 0 Å². The summed E-state index contributed by atoms with van der Waals surface area (Å²) >= 11 is 0. The van der Waals surface area contributed by atoms with Gasteiger partial charge in [-0.2, -0.15) is 5.26 Å². The molecule has 2 heterocycles. The van der Waals surface area contributed by atoms with E-state index in [0.29, 0.717) is 36.8 Å². The van der Waals surface area contributed by atoms with Crippen LogP contribution in [0.4, 0.5) is 10.2 Å². The molecule has 0 saturated carbocycles.